The Labute approximate surface area is 141 Å². The van der Waals surface area contributed by atoms with Crippen LogP contribution < -0.4 is 10.9 Å². The highest BCUT2D eigenvalue weighted by Gasteiger charge is 2.11. The lowest BCUT2D eigenvalue weighted by Gasteiger charge is -2.07. The van der Waals surface area contributed by atoms with Crippen LogP contribution in [0.5, 0.6) is 0 Å². The minimum atomic E-state index is -0.136. The molecule has 0 unspecified atom stereocenters. The Bertz CT molecular complexity index is 1060. The number of hydrogen-bond donors (Lipinski definition) is 2. The number of thiophene rings is 1. The van der Waals surface area contributed by atoms with Gasteiger partial charge in [0.2, 0.25) is 0 Å². The van der Waals surface area contributed by atoms with Crippen LogP contribution in [0.1, 0.15) is 23.2 Å². The van der Waals surface area contributed by atoms with Crippen LogP contribution in [0.2, 0.25) is 0 Å². The molecule has 5 nitrogen and oxygen atoms in total. The quantitative estimate of drug-likeness (QED) is 0.767. The van der Waals surface area contributed by atoms with Gasteiger partial charge in [0, 0.05) is 41.0 Å². The van der Waals surface area contributed by atoms with Gasteiger partial charge in [-0.25, -0.2) is 0 Å². The second-order valence-corrected chi connectivity index (χ2v) is 6.62. The lowest BCUT2D eigenvalue weighted by Crippen LogP contribution is -2.24. The van der Waals surface area contributed by atoms with E-state index in [9.17, 15) is 9.59 Å². The van der Waals surface area contributed by atoms with Crippen molar-refractivity contribution in [1.29, 1.82) is 0 Å². The number of pyridine rings is 1. The summed E-state index contributed by atoms with van der Waals surface area (Å²) in [6.07, 6.45) is 5.37. The number of hydrogen-bond acceptors (Lipinski definition) is 4. The van der Waals surface area contributed by atoms with E-state index in [1.807, 2.05) is 29.9 Å². The van der Waals surface area contributed by atoms with Gasteiger partial charge in [-0.1, -0.05) is 6.07 Å². The molecule has 1 amide bonds. The molecule has 2 N–H and O–H groups in total. The number of aliphatic imine (C=N–C) groups is 1. The van der Waals surface area contributed by atoms with Crippen molar-refractivity contribution in [2.24, 2.45) is 4.99 Å². The predicted octanol–water partition coefficient (Wildman–Crippen LogP) is 3.22. The van der Waals surface area contributed by atoms with Gasteiger partial charge in [-0.15, -0.1) is 11.3 Å². The summed E-state index contributed by atoms with van der Waals surface area (Å²) in [4.78, 5) is 31.3. The molecule has 0 aliphatic carbocycles. The summed E-state index contributed by atoms with van der Waals surface area (Å²) in [6, 6.07) is 7.25. The molecule has 3 aromatic rings. The molecule has 0 radical (unpaired) electrons. The molecule has 0 saturated carbocycles. The number of H-pyrrole nitrogens is 1. The van der Waals surface area contributed by atoms with Crippen LogP contribution in [-0.2, 0) is 0 Å². The van der Waals surface area contributed by atoms with Crippen LogP contribution >= 0.6 is 11.3 Å². The molecule has 3 heterocycles. The average Bonchev–Trinajstić information content (AvgIpc) is 3.26. The lowest BCUT2D eigenvalue weighted by atomic mass is 10.1. The molecule has 1 aromatic carbocycles. The van der Waals surface area contributed by atoms with Crippen molar-refractivity contribution in [2.75, 3.05) is 6.54 Å². The molecule has 24 heavy (non-hydrogen) atoms. The molecule has 0 fully saturated rings. The minimum absolute atomic E-state index is 0.121. The van der Waals surface area contributed by atoms with E-state index in [-0.39, 0.29) is 11.5 Å². The largest absolute Gasteiger partial charge is 0.352 e. The van der Waals surface area contributed by atoms with Gasteiger partial charge in [-0.3, -0.25) is 14.6 Å². The van der Waals surface area contributed by atoms with Crippen LogP contribution in [0.3, 0.4) is 0 Å². The normalized spacial score (nSPS) is 13.6. The molecule has 2 aromatic heterocycles. The van der Waals surface area contributed by atoms with Gasteiger partial charge in [-0.2, -0.15) is 0 Å². The van der Waals surface area contributed by atoms with Crippen molar-refractivity contribution in [3.8, 4) is 0 Å². The van der Waals surface area contributed by atoms with Crippen molar-refractivity contribution >= 4 is 44.4 Å². The second kappa shape index (κ2) is 6.05. The molecular weight excluding hydrogens is 322 g/mol. The number of fused-ring (bicyclic) bond motifs is 3. The summed E-state index contributed by atoms with van der Waals surface area (Å²) < 4.78 is 0.953. The molecular formula is C18H15N3O2S. The van der Waals surface area contributed by atoms with E-state index in [0.717, 1.165) is 22.9 Å². The smallest absolute Gasteiger partial charge is 0.257 e. The highest BCUT2D eigenvalue weighted by atomic mass is 32.1. The first-order valence-corrected chi connectivity index (χ1v) is 8.61. The summed E-state index contributed by atoms with van der Waals surface area (Å²) >= 11 is 1.53. The van der Waals surface area contributed by atoms with Crippen molar-refractivity contribution in [2.45, 2.75) is 12.8 Å². The maximum absolute atomic E-state index is 12.3. The monoisotopic (exact) mass is 337 g/mol. The van der Waals surface area contributed by atoms with Crippen LogP contribution in [0.4, 0.5) is 0 Å². The van der Waals surface area contributed by atoms with Gasteiger partial charge >= 0.3 is 0 Å². The average molecular weight is 337 g/mol. The maximum Gasteiger partial charge on any atom is 0.257 e. The van der Waals surface area contributed by atoms with E-state index in [1.165, 1.54) is 16.9 Å². The number of amides is 1. The number of carbonyl (C=O) groups excluding carboxylic acids is 1. The molecule has 1 aliphatic heterocycles. The Hall–Kier alpha value is -2.73. The van der Waals surface area contributed by atoms with Gasteiger partial charge < -0.3 is 10.3 Å². The SMILES string of the molecule is O=C(NCCC1=CN=CC1)c1ccc2c(c1)[nH]c(=O)c1ccsc12. The summed E-state index contributed by atoms with van der Waals surface area (Å²) in [6.45, 7) is 0.576. The van der Waals surface area contributed by atoms with E-state index in [0.29, 0.717) is 23.0 Å². The van der Waals surface area contributed by atoms with Crippen LogP contribution in [-0.4, -0.2) is 23.7 Å². The highest BCUT2D eigenvalue weighted by Crippen LogP contribution is 2.26. The summed E-state index contributed by atoms with van der Waals surface area (Å²) in [5.74, 6) is -0.136. The van der Waals surface area contributed by atoms with Crippen LogP contribution in [0.15, 0.2) is 51.2 Å². The van der Waals surface area contributed by atoms with Crippen molar-refractivity contribution in [3.05, 3.63) is 57.3 Å². The third-order valence-corrected chi connectivity index (χ3v) is 5.08. The third kappa shape index (κ3) is 2.65. The Morgan fingerprint density at radius 2 is 2.21 bits per heavy atom. The first-order valence-electron chi connectivity index (χ1n) is 7.73. The maximum atomic E-state index is 12.3. The number of benzene rings is 1. The van der Waals surface area contributed by atoms with Crippen molar-refractivity contribution in [3.63, 3.8) is 0 Å². The van der Waals surface area contributed by atoms with Crippen LogP contribution in [0.25, 0.3) is 21.0 Å². The molecule has 1 aliphatic rings. The Balaban J connectivity index is 1.56. The molecule has 120 valence electrons. The number of aromatic nitrogens is 1. The standard InChI is InChI=1S/C18H15N3O2S/c22-17(20-7-4-11-3-6-19-10-11)12-1-2-13-15(9-12)21-18(23)14-5-8-24-16(13)14/h1-2,5-6,8-10H,3-4,7H2,(H,20,22)(H,21,23). The van der Waals surface area contributed by atoms with E-state index < -0.39 is 0 Å². The first-order chi connectivity index (χ1) is 11.7. The summed E-state index contributed by atoms with van der Waals surface area (Å²) in [7, 11) is 0. The molecule has 4 rings (SSSR count). The van der Waals surface area contributed by atoms with Gasteiger partial charge in [0.05, 0.1) is 10.9 Å². The van der Waals surface area contributed by atoms with Gasteiger partial charge in [0.1, 0.15) is 0 Å². The van der Waals surface area contributed by atoms with E-state index in [2.05, 4.69) is 15.3 Å². The zero-order chi connectivity index (χ0) is 16.5. The lowest BCUT2D eigenvalue weighted by molar-refractivity contribution is 0.0954. The third-order valence-electron chi connectivity index (χ3n) is 4.13. The molecule has 6 heteroatoms. The molecule has 0 spiro atoms. The summed E-state index contributed by atoms with van der Waals surface area (Å²) in [5, 5.41) is 6.47. The molecule has 0 saturated heterocycles. The van der Waals surface area contributed by atoms with E-state index in [1.54, 1.807) is 12.1 Å². The van der Waals surface area contributed by atoms with Crippen molar-refractivity contribution < 1.29 is 4.79 Å². The van der Waals surface area contributed by atoms with E-state index >= 15 is 0 Å². The number of nitrogens with zero attached hydrogens (tertiary/aromatic N) is 1. The minimum Gasteiger partial charge on any atom is -0.352 e. The summed E-state index contributed by atoms with van der Waals surface area (Å²) in [5.41, 5.74) is 2.34. The Kier molecular flexibility index (Phi) is 3.74. The fourth-order valence-corrected chi connectivity index (χ4v) is 3.79. The van der Waals surface area contributed by atoms with Gasteiger partial charge in [-0.05, 0) is 35.6 Å². The fraction of sp³-hybridized carbons (Fsp3) is 0.167. The number of rotatable bonds is 4. The highest BCUT2D eigenvalue weighted by molar-refractivity contribution is 7.18. The first kappa shape index (κ1) is 14.8. The van der Waals surface area contributed by atoms with Crippen LogP contribution in [0, 0.1) is 0 Å². The van der Waals surface area contributed by atoms with Gasteiger partial charge in [0.15, 0.2) is 0 Å². The second-order valence-electron chi connectivity index (χ2n) is 5.71. The van der Waals surface area contributed by atoms with E-state index in [4.69, 9.17) is 0 Å². The predicted molar refractivity (Wildman–Crippen MR) is 98.1 cm³/mol. The topological polar surface area (TPSA) is 74.3 Å². The zero-order valence-corrected chi connectivity index (χ0v) is 13.7. The Morgan fingerprint density at radius 1 is 1.29 bits per heavy atom. The number of carbonyl (C=O) groups is 1. The molecule has 0 atom stereocenters. The number of nitrogens with one attached hydrogen (secondary N) is 2. The fourth-order valence-electron chi connectivity index (χ4n) is 2.86. The van der Waals surface area contributed by atoms with Crippen molar-refractivity contribution in [1.82, 2.24) is 10.3 Å². The molecule has 0 bridgehead atoms. The Morgan fingerprint density at radius 3 is 3.04 bits per heavy atom. The van der Waals surface area contributed by atoms with Gasteiger partial charge in [0.25, 0.3) is 11.5 Å². The number of aromatic amines is 1. The zero-order valence-electron chi connectivity index (χ0n) is 12.8.